The number of nitrogen functional groups attached to an aromatic ring is 1. The maximum atomic E-state index is 12.0. The van der Waals surface area contributed by atoms with Gasteiger partial charge in [-0.15, -0.1) is 11.3 Å². The third-order valence-corrected chi connectivity index (χ3v) is 4.09. The molecule has 0 atom stereocenters. The SMILES string of the molecule is CC1(C)CCN(C(=O)Cc2csc(N)n2)CC1. The van der Waals surface area contributed by atoms with Crippen molar-refractivity contribution in [1.29, 1.82) is 0 Å². The third kappa shape index (κ3) is 3.19. The zero-order valence-corrected chi connectivity index (χ0v) is 11.2. The minimum absolute atomic E-state index is 0.172. The average molecular weight is 253 g/mol. The quantitative estimate of drug-likeness (QED) is 0.876. The molecule has 4 nitrogen and oxygen atoms in total. The lowest BCUT2D eigenvalue weighted by Gasteiger charge is -2.36. The first kappa shape index (κ1) is 12.4. The minimum Gasteiger partial charge on any atom is -0.375 e. The second-order valence-corrected chi connectivity index (χ2v) is 6.29. The van der Waals surface area contributed by atoms with Crippen LogP contribution in [0.1, 0.15) is 32.4 Å². The molecule has 2 rings (SSSR count). The molecule has 0 aromatic carbocycles. The van der Waals surface area contributed by atoms with Gasteiger partial charge < -0.3 is 10.6 Å². The molecule has 1 aliphatic rings. The van der Waals surface area contributed by atoms with Crippen LogP contribution in [-0.4, -0.2) is 28.9 Å². The lowest BCUT2D eigenvalue weighted by molar-refractivity contribution is -0.132. The highest BCUT2D eigenvalue weighted by Crippen LogP contribution is 2.29. The lowest BCUT2D eigenvalue weighted by Crippen LogP contribution is -2.41. The van der Waals surface area contributed by atoms with Crippen molar-refractivity contribution < 1.29 is 4.79 Å². The smallest absolute Gasteiger partial charge is 0.228 e. The molecule has 1 fully saturated rings. The predicted octanol–water partition coefficient (Wildman–Crippen LogP) is 1.92. The Labute approximate surface area is 106 Å². The summed E-state index contributed by atoms with van der Waals surface area (Å²) in [6.45, 7) is 6.25. The summed E-state index contributed by atoms with van der Waals surface area (Å²) in [5, 5.41) is 2.40. The Hall–Kier alpha value is -1.10. The monoisotopic (exact) mass is 253 g/mol. The van der Waals surface area contributed by atoms with Gasteiger partial charge in [0.05, 0.1) is 12.1 Å². The van der Waals surface area contributed by atoms with Crippen LogP contribution in [0.15, 0.2) is 5.38 Å². The summed E-state index contributed by atoms with van der Waals surface area (Å²) in [6, 6.07) is 0. The Balaban J connectivity index is 1.89. The largest absolute Gasteiger partial charge is 0.375 e. The average Bonchev–Trinajstić information content (AvgIpc) is 2.63. The van der Waals surface area contributed by atoms with Crippen molar-refractivity contribution >= 4 is 22.4 Å². The van der Waals surface area contributed by atoms with Crippen LogP contribution in [0.3, 0.4) is 0 Å². The molecule has 5 heteroatoms. The summed E-state index contributed by atoms with van der Waals surface area (Å²) >= 11 is 1.39. The van der Waals surface area contributed by atoms with E-state index in [0.29, 0.717) is 17.0 Å². The van der Waals surface area contributed by atoms with Crippen molar-refractivity contribution in [1.82, 2.24) is 9.88 Å². The number of carbonyl (C=O) groups excluding carboxylic acids is 1. The molecule has 0 aliphatic carbocycles. The first-order valence-electron chi connectivity index (χ1n) is 5.94. The van der Waals surface area contributed by atoms with Gasteiger partial charge in [0.15, 0.2) is 5.13 Å². The Kier molecular flexibility index (Phi) is 3.38. The van der Waals surface area contributed by atoms with Gasteiger partial charge in [0, 0.05) is 18.5 Å². The van der Waals surface area contributed by atoms with Crippen molar-refractivity contribution in [2.45, 2.75) is 33.1 Å². The van der Waals surface area contributed by atoms with Gasteiger partial charge in [-0.3, -0.25) is 4.79 Å². The molecular weight excluding hydrogens is 234 g/mol. The van der Waals surface area contributed by atoms with Crippen LogP contribution < -0.4 is 5.73 Å². The van der Waals surface area contributed by atoms with Crippen molar-refractivity contribution in [3.8, 4) is 0 Å². The van der Waals surface area contributed by atoms with Crippen molar-refractivity contribution in [2.24, 2.45) is 5.41 Å². The number of hydrogen-bond donors (Lipinski definition) is 1. The number of piperidine rings is 1. The second kappa shape index (κ2) is 4.64. The third-order valence-electron chi connectivity index (χ3n) is 3.37. The molecule has 1 saturated heterocycles. The van der Waals surface area contributed by atoms with E-state index in [2.05, 4.69) is 18.8 Å². The van der Waals surface area contributed by atoms with E-state index in [4.69, 9.17) is 5.73 Å². The van der Waals surface area contributed by atoms with E-state index in [9.17, 15) is 4.79 Å². The number of carbonyl (C=O) groups is 1. The van der Waals surface area contributed by atoms with Crippen LogP contribution in [0, 0.1) is 5.41 Å². The number of amides is 1. The van der Waals surface area contributed by atoms with Gasteiger partial charge in [0.25, 0.3) is 0 Å². The standard InChI is InChI=1S/C12H19N3OS/c1-12(2)3-5-15(6-4-12)10(16)7-9-8-17-11(13)14-9/h8H,3-7H2,1-2H3,(H2,13,14). The normalized spacial score (nSPS) is 19.3. The Morgan fingerprint density at radius 2 is 2.18 bits per heavy atom. The molecule has 0 spiro atoms. The Morgan fingerprint density at radius 1 is 1.53 bits per heavy atom. The molecule has 0 unspecified atom stereocenters. The van der Waals surface area contributed by atoms with Gasteiger partial charge >= 0.3 is 0 Å². The van der Waals surface area contributed by atoms with Gasteiger partial charge in [0.1, 0.15) is 0 Å². The molecule has 2 N–H and O–H groups in total. The molecule has 0 radical (unpaired) electrons. The summed E-state index contributed by atoms with van der Waals surface area (Å²) in [5.74, 6) is 0.172. The second-order valence-electron chi connectivity index (χ2n) is 5.40. The van der Waals surface area contributed by atoms with Crippen LogP contribution in [0.25, 0.3) is 0 Å². The number of anilines is 1. The van der Waals surface area contributed by atoms with E-state index in [-0.39, 0.29) is 5.91 Å². The molecule has 0 saturated carbocycles. The zero-order chi connectivity index (χ0) is 12.5. The highest BCUT2D eigenvalue weighted by molar-refractivity contribution is 7.13. The summed E-state index contributed by atoms with van der Waals surface area (Å²) in [6.07, 6.45) is 2.55. The summed E-state index contributed by atoms with van der Waals surface area (Å²) in [5.41, 5.74) is 6.72. The fourth-order valence-corrected chi connectivity index (χ4v) is 2.59. The van der Waals surface area contributed by atoms with Gasteiger partial charge in [-0.05, 0) is 18.3 Å². The van der Waals surface area contributed by atoms with Crippen LogP contribution in [0.2, 0.25) is 0 Å². The topological polar surface area (TPSA) is 59.2 Å². The van der Waals surface area contributed by atoms with E-state index >= 15 is 0 Å². The summed E-state index contributed by atoms with van der Waals surface area (Å²) in [7, 11) is 0. The van der Waals surface area contributed by atoms with Gasteiger partial charge in [-0.25, -0.2) is 4.98 Å². The summed E-state index contributed by atoms with van der Waals surface area (Å²) < 4.78 is 0. The molecule has 1 aromatic heterocycles. The van der Waals surface area contributed by atoms with E-state index in [1.807, 2.05) is 10.3 Å². The molecular formula is C12H19N3OS. The zero-order valence-electron chi connectivity index (χ0n) is 10.4. The maximum absolute atomic E-state index is 12.0. The number of aromatic nitrogens is 1. The summed E-state index contributed by atoms with van der Waals surface area (Å²) in [4.78, 5) is 18.1. The number of likely N-dealkylation sites (tertiary alicyclic amines) is 1. The lowest BCUT2D eigenvalue weighted by atomic mass is 9.82. The number of nitrogens with two attached hydrogens (primary N) is 1. The highest BCUT2D eigenvalue weighted by atomic mass is 32.1. The highest BCUT2D eigenvalue weighted by Gasteiger charge is 2.27. The van der Waals surface area contributed by atoms with E-state index < -0.39 is 0 Å². The predicted molar refractivity (Wildman–Crippen MR) is 69.8 cm³/mol. The molecule has 94 valence electrons. The van der Waals surface area contributed by atoms with Crippen LogP contribution in [-0.2, 0) is 11.2 Å². The van der Waals surface area contributed by atoms with Crippen LogP contribution >= 0.6 is 11.3 Å². The van der Waals surface area contributed by atoms with Gasteiger partial charge in [0.2, 0.25) is 5.91 Å². The fraction of sp³-hybridized carbons (Fsp3) is 0.667. The number of hydrogen-bond acceptors (Lipinski definition) is 4. The Bertz CT molecular complexity index is 404. The molecule has 17 heavy (non-hydrogen) atoms. The maximum Gasteiger partial charge on any atom is 0.228 e. The molecule has 1 aliphatic heterocycles. The van der Waals surface area contributed by atoms with E-state index in [0.717, 1.165) is 31.6 Å². The molecule has 1 amide bonds. The van der Waals surface area contributed by atoms with Crippen LogP contribution in [0.4, 0.5) is 5.13 Å². The number of rotatable bonds is 2. The molecule has 1 aromatic rings. The number of thiazole rings is 1. The van der Waals surface area contributed by atoms with Crippen molar-refractivity contribution in [2.75, 3.05) is 18.8 Å². The van der Waals surface area contributed by atoms with E-state index in [1.54, 1.807) is 0 Å². The van der Waals surface area contributed by atoms with Gasteiger partial charge in [-0.1, -0.05) is 13.8 Å². The van der Waals surface area contributed by atoms with Crippen LogP contribution in [0.5, 0.6) is 0 Å². The van der Waals surface area contributed by atoms with Gasteiger partial charge in [-0.2, -0.15) is 0 Å². The molecule has 2 heterocycles. The van der Waals surface area contributed by atoms with E-state index in [1.165, 1.54) is 11.3 Å². The Morgan fingerprint density at radius 3 is 2.71 bits per heavy atom. The van der Waals surface area contributed by atoms with Crippen molar-refractivity contribution in [3.63, 3.8) is 0 Å². The first-order chi connectivity index (χ1) is 7.96. The van der Waals surface area contributed by atoms with Crippen molar-refractivity contribution in [3.05, 3.63) is 11.1 Å². The molecule has 0 bridgehead atoms. The number of nitrogens with zero attached hydrogens (tertiary/aromatic N) is 2. The fourth-order valence-electron chi connectivity index (χ4n) is 2.03. The minimum atomic E-state index is 0.172. The first-order valence-corrected chi connectivity index (χ1v) is 6.82.